The molecule has 3 heterocycles. The number of halogens is 3. The van der Waals surface area contributed by atoms with E-state index in [2.05, 4.69) is 4.98 Å². The van der Waals surface area contributed by atoms with Gasteiger partial charge in [-0.05, 0) is 25.0 Å². The number of fused-ring (bicyclic) bond motifs is 1. The predicted octanol–water partition coefficient (Wildman–Crippen LogP) is 1.98. The molecule has 23 heavy (non-hydrogen) atoms. The number of aromatic nitrogens is 2. The number of aliphatic hydroxyl groups is 1. The molecule has 0 spiro atoms. The smallest absolute Gasteiger partial charge is 0.380 e. The van der Waals surface area contributed by atoms with Gasteiger partial charge in [-0.2, -0.15) is 13.2 Å². The number of nitrogens with zero attached hydrogens (tertiary/aromatic N) is 3. The largest absolute Gasteiger partial charge is 0.417 e. The fraction of sp³-hybridized carbons (Fsp3) is 0.467. The molecule has 2 aromatic heterocycles. The van der Waals surface area contributed by atoms with E-state index in [0.29, 0.717) is 18.0 Å². The van der Waals surface area contributed by atoms with E-state index in [1.807, 2.05) is 0 Å². The molecule has 0 bridgehead atoms. The maximum atomic E-state index is 13.0. The van der Waals surface area contributed by atoms with Crippen molar-refractivity contribution in [2.24, 2.45) is 0 Å². The summed E-state index contributed by atoms with van der Waals surface area (Å²) in [5.41, 5.74) is -2.53. The Morgan fingerprint density at radius 1 is 1.22 bits per heavy atom. The third-order valence-corrected chi connectivity index (χ3v) is 4.22. The fourth-order valence-corrected chi connectivity index (χ4v) is 2.83. The van der Waals surface area contributed by atoms with Gasteiger partial charge in [-0.15, -0.1) is 0 Å². The van der Waals surface area contributed by atoms with Crippen LogP contribution in [0.1, 0.15) is 19.3 Å². The molecule has 5 nitrogen and oxygen atoms in total. The number of hydrogen-bond donors (Lipinski definition) is 1. The van der Waals surface area contributed by atoms with E-state index in [1.54, 1.807) is 29.3 Å². The summed E-state index contributed by atoms with van der Waals surface area (Å²) in [7, 11) is 0. The minimum absolute atomic E-state index is 0.00848. The highest BCUT2D eigenvalue weighted by molar-refractivity contribution is 5.48. The van der Waals surface area contributed by atoms with Crippen molar-refractivity contribution in [2.75, 3.05) is 18.0 Å². The lowest BCUT2D eigenvalue weighted by atomic mass is 9.94. The van der Waals surface area contributed by atoms with Crippen LogP contribution in [0.4, 0.5) is 19.0 Å². The molecule has 3 rings (SSSR count). The molecule has 0 saturated carbocycles. The summed E-state index contributed by atoms with van der Waals surface area (Å²) >= 11 is 0. The van der Waals surface area contributed by atoms with Crippen molar-refractivity contribution in [3.05, 3.63) is 40.8 Å². The van der Waals surface area contributed by atoms with E-state index in [-0.39, 0.29) is 24.9 Å². The lowest BCUT2D eigenvalue weighted by Crippen LogP contribution is -2.45. The first-order valence-electron chi connectivity index (χ1n) is 7.33. The first-order chi connectivity index (χ1) is 10.8. The van der Waals surface area contributed by atoms with Gasteiger partial charge in [0.2, 0.25) is 0 Å². The lowest BCUT2D eigenvalue weighted by molar-refractivity contribution is -0.263. The van der Waals surface area contributed by atoms with Gasteiger partial charge in [-0.1, -0.05) is 6.07 Å². The molecule has 1 fully saturated rings. The van der Waals surface area contributed by atoms with E-state index in [4.69, 9.17) is 0 Å². The van der Waals surface area contributed by atoms with Crippen LogP contribution in [0.15, 0.2) is 35.3 Å². The Labute approximate surface area is 130 Å². The van der Waals surface area contributed by atoms with E-state index in [1.165, 1.54) is 10.5 Å². The van der Waals surface area contributed by atoms with Gasteiger partial charge in [-0.25, -0.2) is 4.98 Å². The Hall–Kier alpha value is -2.09. The number of rotatable bonds is 1. The summed E-state index contributed by atoms with van der Waals surface area (Å²) in [5.74, 6) is 0.340. The summed E-state index contributed by atoms with van der Waals surface area (Å²) < 4.78 is 40.3. The second-order valence-corrected chi connectivity index (χ2v) is 5.75. The monoisotopic (exact) mass is 327 g/mol. The van der Waals surface area contributed by atoms with Gasteiger partial charge < -0.3 is 10.0 Å². The highest BCUT2D eigenvalue weighted by atomic mass is 19.4. The van der Waals surface area contributed by atoms with Gasteiger partial charge in [0.05, 0.1) is 0 Å². The third kappa shape index (κ3) is 2.90. The zero-order valence-electron chi connectivity index (χ0n) is 12.3. The Balaban J connectivity index is 1.90. The van der Waals surface area contributed by atoms with Crippen LogP contribution >= 0.6 is 0 Å². The summed E-state index contributed by atoms with van der Waals surface area (Å²) in [6.07, 6.45) is -3.68. The van der Waals surface area contributed by atoms with Crippen LogP contribution in [-0.2, 0) is 0 Å². The minimum Gasteiger partial charge on any atom is -0.380 e. The summed E-state index contributed by atoms with van der Waals surface area (Å²) in [5, 5.41) is 9.84. The first-order valence-corrected chi connectivity index (χ1v) is 7.33. The third-order valence-electron chi connectivity index (χ3n) is 4.22. The fourth-order valence-electron chi connectivity index (χ4n) is 2.83. The standard InChI is InChI=1S/C15H16F3N3O2/c16-15(17,18)14(23)5-3-7-20(9-6-14)12-10-13(22)21-8-2-1-4-11(21)19-12/h1-2,4,8,10,23H,3,5-7,9H2. The Morgan fingerprint density at radius 2 is 2.00 bits per heavy atom. The number of anilines is 1. The number of alkyl halides is 3. The molecule has 1 N–H and O–H groups in total. The molecular weight excluding hydrogens is 311 g/mol. The molecule has 1 atom stereocenters. The van der Waals surface area contributed by atoms with Gasteiger partial charge in [0.1, 0.15) is 11.5 Å². The van der Waals surface area contributed by atoms with Crippen molar-refractivity contribution in [1.29, 1.82) is 0 Å². The van der Waals surface area contributed by atoms with Gasteiger partial charge in [0.25, 0.3) is 5.56 Å². The van der Waals surface area contributed by atoms with E-state index < -0.39 is 18.2 Å². The molecule has 1 unspecified atom stereocenters. The highest BCUT2D eigenvalue weighted by Gasteiger charge is 2.53. The average molecular weight is 327 g/mol. The zero-order chi connectivity index (χ0) is 16.7. The number of pyridine rings is 1. The van der Waals surface area contributed by atoms with Crippen LogP contribution < -0.4 is 10.5 Å². The van der Waals surface area contributed by atoms with Gasteiger partial charge in [-0.3, -0.25) is 9.20 Å². The maximum Gasteiger partial charge on any atom is 0.417 e. The van der Waals surface area contributed by atoms with Crippen molar-refractivity contribution in [1.82, 2.24) is 9.38 Å². The maximum absolute atomic E-state index is 13.0. The van der Waals surface area contributed by atoms with Crippen LogP contribution in [0.2, 0.25) is 0 Å². The molecule has 124 valence electrons. The molecule has 0 amide bonds. The second-order valence-electron chi connectivity index (χ2n) is 5.75. The normalized spacial score (nSPS) is 23.0. The van der Waals surface area contributed by atoms with Crippen LogP contribution in [0.5, 0.6) is 0 Å². The molecule has 1 saturated heterocycles. The molecule has 0 aromatic carbocycles. The molecule has 1 aliphatic rings. The molecular formula is C15H16F3N3O2. The Bertz CT molecular complexity index is 774. The van der Waals surface area contributed by atoms with Crippen molar-refractivity contribution in [3.8, 4) is 0 Å². The first kappa shape index (κ1) is 15.8. The average Bonchev–Trinajstić information content (AvgIpc) is 2.70. The number of hydrogen-bond acceptors (Lipinski definition) is 4. The van der Waals surface area contributed by atoms with Crippen molar-refractivity contribution in [3.63, 3.8) is 0 Å². The second kappa shape index (κ2) is 5.52. The van der Waals surface area contributed by atoms with Crippen molar-refractivity contribution >= 4 is 11.5 Å². The zero-order valence-corrected chi connectivity index (χ0v) is 12.3. The topological polar surface area (TPSA) is 57.8 Å². The van der Waals surface area contributed by atoms with Gasteiger partial charge in [0.15, 0.2) is 5.60 Å². The molecule has 8 heteroatoms. The summed E-state index contributed by atoms with van der Waals surface area (Å²) in [4.78, 5) is 18.0. The summed E-state index contributed by atoms with van der Waals surface area (Å²) in [6.45, 7) is 0.305. The predicted molar refractivity (Wildman–Crippen MR) is 78.5 cm³/mol. The van der Waals surface area contributed by atoms with E-state index in [0.717, 1.165) is 0 Å². The van der Waals surface area contributed by atoms with Crippen molar-refractivity contribution < 1.29 is 18.3 Å². The van der Waals surface area contributed by atoms with Crippen LogP contribution in [0.25, 0.3) is 5.65 Å². The summed E-state index contributed by atoms with van der Waals surface area (Å²) in [6, 6.07) is 6.40. The quantitative estimate of drug-likeness (QED) is 0.870. The van der Waals surface area contributed by atoms with Gasteiger partial charge in [0, 0.05) is 31.8 Å². The Kier molecular flexibility index (Phi) is 3.79. The molecule has 1 aliphatic heterocycles. The Morgan fingerprint density at radius 3 is 2.74 bits per heavy atom. The lowest BCUT2D eigenvalue weighted by Gasteiger charge is -2.29. The molecule has 0 aliphatic carbocycles. The highest BCUT2D eigenvalue weighted by Crippen LogP contribution is 2.38. The van der Waals surface area contributed by atoms with E-state index >= 15 is 0 Å². The SMILES string of the molecule is O=c1cc(N2CCCC(O)(C(F)(F)F)CC2)nc2ccccn12. The van der Waals surface area contributed by atoms with Crippen LogP contribution in [-0.4, -0.2) is 39.4 Å². The molecule has 2 aromatic rings. The van der Waals surface area contributed by atoms with Crippen molar-refractivity contribution in [2.45, 2.75) is 31.0 Å². The minimum atomic E-state index is -4.65. The molecule has 0 radical (unpaired) electrons. The van der Waals surface area contributed by atoms with Gasteiger partial charge >= 0.3 is 6.18 Å². The van der Waals surface area contributed by atoms with E-state index in [9.17, 15) is 23.1 Å². The van der Waals surface area contributed by atoms with Crippen LogP contribution in [0, 0.1) is 0 Å². The van der Waals surface area contributed by atoms with Crippen LogP contribution in [0.3, 0.4) is 0 Å².